The predicted molar refractivity (Wildman–Crippen MR) is 90.3 cm³/mol. The molecule has 2 N–H and O–H groups in total. The van der Waals surface area contributed by atoms with E-state index in [1.165, 1.54) is 44.2 Å². The maximum absolute atomic E-state index is 6.38. The second-order valence-electron chi connectivity index (χ2n) is 5.58. The van der Waals surface area contributed by atoms with Gasteiger partial charge in [-0.1, -0.05) is 55.7 Å². The third-order valence-electron chi connectivity index (χ3n) is 4.08. The van der Waals surface area contributed by atoms with Crippen molar-refractivity contribution in [2.45, 2.75) is 51.6 Å². The number of piperidine rings is 1. The molecule has 4 heteroatoms. The summed E-state index contributed by atoms with van der Waals surface area (Å²) < 4.78 is 0. The van der Waals surface area contributed by atoms with Crippen LogP contribution in [0.4, 0.5) is 0 Å². The molecule has 20 heavy (non-hydrogen) atoms. The number of halogens is 1. The van der Waals surface area contributed by atoms with Gasteiger partial charge in [0.25, 0.3) is 0 Å². The molecule has 1 aliphatic heterocycles. The van der Waals surface area contributed by atoms with Crippen molar-refractivity contribution < 1.29 is 0 Å². The van der Waals surface area contributed by atoms with E-state index >= 15 is 0 Å². The van der Waals surface area contributed by atoms with E-state index in [4.69, 9.17) is 29.6 Å². The predicted octanol–water partition coefficient (Wildman–Crippen LogP) is 4.13. The molecule has 0 saturated carbocycles. The maximum Gasteiger partial charge on any atom is 0.104 e. The number of hydrogen-bond donors (Lipinski definition) is 1. The zero-order chi connectivity index (χ0) is 14.5. The highest BCUT2D eigenvalue weighted by Crippen LogP contribution is 2.26. The summed E-state index contributed by atoms with van der Waals surface area (Å²) in [6, 6.07) is 6.63. The smallest absolute Gasteiger partial charge is 0.104 e. The standard InChI is InChI=1S/C16H23ClN2S/c1-2-5-14-6-3-4-9-19(14)11-13-8-7-12(16(18)20)10-15(13)17/h7-8,10,14H,2-6,9,11H2,1H3,(H2,18,20). The first-order valence-corrected chi connectivity index (χ1v) is 8.22. The zero-order valence-electron chi connectivity index (χ0n) is 12.1. The van der Waals surface area contributed by atoms with Gasteiger partial charge in [-0.05, 0) is 37.4 Å². The van der Waals surface area contributed by atoms with Gasteiger partial charge >= 0.3 is 0 Å². The Morgan fingerprint density at radius 1 is 1.45 bits per heavy atom. The highest BCUT2D eigenvalue weighted by atomic mass is 35.5. The van der Waals surface area contributed by atoms with Gasteiger partial charge < -0.3 is 5.73 Å². The molecule has 1 aromatic rings. The number of rotatable bonds is 5. The summed E-state index contributed by atoms with van der Waals surface area (Å²) in [6.45, 7) is 4.37. The van der Waals surface area contributed by atoms with Crippen LogP contribution in [0.2, 0.25) is 5.02 Å². The lowest BCUT2D eigenvalue weighted by atomic mass is 9.97. The number of thiocarbonyl (C=S) groups is 1. The second kappa shape index (κ2) is 7.39. The molecule has 2 rings (SSSR count). The quantitative estimate of drug-likeness (QED) is 0.829. The number of nitrogens with zero attached hydrogens (tertiary/aromatic N) is 1. The van der Waals surface area contributed by atoms with Gasteiger partial charge in [0.15, 0.2) is 0 Å². The van der Waals surface area contributed by atoms with Crippen molar-refractivity contribution in [2.24, 2.45) is 5.73 Å². The van der Waals surface area contributed by atoms with Crippen LogP contribution in [-0.4, -0.2) is 22.5 Å². The van der Waals surface area contributed by atoms with Crippen molar-refractivity contribution in [1.82, 2.24) is 4.90 Å². The summed E-state index contributed by atoms with van der Waals surface area (Å²) in [5, 5.41) is 0.774. The van der Waals surface area contributed by atoms with E-state index in [1.54, 1.807) is 0 Å². The molecule has 1 atom stereocenters. The average Bonchev–Trinajstić information content (AvgIpc) is 2.43. The van der Waals surface area contributed by atoms with Crippen molar-refractivity contribution in [3.05, 3.63) is 34.3 Å². The van der Waals surface area contributed by atoms with Crippen LogP contribution in [-0.2, 0) is 6.54 Å². The molecule has 110 valence electrons. The normalized spacial score (nSPS) is 20.0. The topological polar surface area (TPSA) is 29.3 Å². The molecule has 0 aromatic heterocycles. The Kier molecular flexibility index (Phi) is 5.82. The Morgan fingerprint density at radius 3 is 2.90 bits per heavy atom. The van der Waals surface area contributed by atoms with Crippen molar-refractivity contribution >= 4 is 28.8 Å². The second-order valence-corrected chi connectivity index (χ2v) is 6.43. The summed E-state index contributed by atoms with van der Waals surface area (Å²) in [4.78, 5) is 2.98. The first-order valence-electron chi connectivity index (χ1n) is 7.44. The Bertz CT molecular complexity index is 474. The Labute approximate surface area is 132 Å². The molecule has 0 aliphatic carbocycles. The Hall–Kier alpha value is -0.640. The monoisotopic (exact) mass is 310 g/mol. The summed E-state index contributed by atoms with van der Waals surface area (Å²) in [6.07, 6.45) is 6.49. The lowest BCUT2D eigenvalue weighted by molar-refractivity contribution is 0.131. The van der Waals surface area contributed by atoms with Gasteiger partial charge in [0.2, 0.25) is 0 Å². The van der Waals surface area contributed by atoms with E-state index < -0.39 is 0 Å². The van der Waals surface area contributed by atoms with Crippen LogP contribution in [0.15, 0.2) is 18.2 Å². The molecule has 0 amide bonds. The molecule has 1 aliphatic rings. The van der Waals surface area contributed by atoms with Gasteiger partial charge in [0.1, 0.15) is 4.99 Å². The van der Waals surface area contributed by atoms with Crippen molar-refractivity contribution in [2.75, 3.05) is 6.54 Å². The lowest BCUT2D eigenvalue weighted by Gasteiger charge is -2.36. The summed E-state index contributed by atoms with van der Waals surface area (Å²) in [5.41, 5.74) is 7.66. The molecule has 1 unspecified atom stereocenters. The highest BCUT2D eigenvalue weighted by molar-refractivity contribution is 7.80. The van der Waals surface area contributed by atoms with Gasteiger partial charge in [-0.2, -0.15) is 0 Å². The van der Waals surface area contributed by atoms with E-state index in [0.29, 0.717) is 11.0 Å². The van der Waals surface area contributed by atoms with Crippen molar-refractivity contribution in [3.63, 3.8) is 0 Å². The summed E-state index contributed by atoms with van der Waals surface area (Å²) in [7, 11) is 0. The highest BCUT2D eigenvalue weighted by Gasteiger charge is 2.22. The molecule has 1 aromatic carbocycles. The van der Waals surface area contributed by atoms with Crippen LogP contribution in [0.1, 0.15) is 50.2 Å². The van der Waals surface area contributed by atoms with E-state index in [-0.39, 0.29) is 0 Å². The molecule has 1 saturated heterocycles. The van der Waals surface area contributed by atoms with Crippen molar-refractivity contribution in [3.8, 4) is 0 Å². The number of likely N-dealkylation sites (tertiary alicyclic amines) is 1. The summed E-state index contributed by atoms with van der Waals surface area (Å²) in [5.74, 6) is 0. The molecule has 2 nitrogen and oxygen atoms in total. The minimum Gasteiger partial charge on any atom is -0.389 e. The zero-order valence-corrected chi connectivity index (χ0v) is 13.6. The third kappa shape index (κ3) is 3.94. The largest absolute Gasteiger partial charge is 0.389 e. The third-order valence-corrected chi connectivity index (χ3v) is 4.67. The van der Waals surface area contributed by atoms with Crippen LogP contribution < -0.4 is 5.73 Å². The molecule has 0 radical (unpaired) electrons. The van der Waals surface area contributed by atoms with Gasteiger partial charge in [-0.25, -0.2) is 0 Å². The van der Waals surface area contributed by atoms with Crippen LogP contribution in [0, 0.1) is 0 Å². The van der Waals surface area contributed by atoms with Crippen LogP contribution in [0.5, 0.6) is 0 Å². The summed E-state index contributed by atoms with van der Waals surface area (Å²) >= 11 is 11.4. The first kappa shape index (κ1) is 15.7. The van der Waals surface area contributed by atoms with Crippen molar-refractivity contribution in [1.29, 1.82) is 0 Å². The maximum atomic E-state index is 6.38. The molecule has 1 heterocycles. The molecule has 0 spiro atoms. The van der Waals surface area contributed by atoms with E-state index in [1.807, 2.05) is 12.1 Å². The lowest BCUT2D eigenvalue weighted by Crippen LogP contribution is -2.38. The molecular weight excluding hydrogens is 288 g/mol. The SMILES string of the molecule is CCCC1CCCCN1Cc1ccc(C(N)=S)cc1Cl. The fourth-order valence-corrected chi connectivity index (χ4v) is 3.34. The molecule has 1 fully saturated rings. The number of nitrogens with two attached hydrogens (primary N) is 1. The Morgan fingerprint density at radius 2 is 2.25 bits per heavy atom. The minimum absolute atomic E-state index is 0.403. The molecule has 0 bridgehead atoms. The molecular formula is C16H23ClN2S. The first-order chi connectivity index (χ1) is 9.61. The number of benzene rings is 1. The van der Waals surface area contributed by atoms with Gasteiger partial charge in [-0.15, -0.1) is 0 Å². The van der Waals surface area contributed by atoms with E-state index in [9.17, 15) is 0 Å². The van der Waals surface area contributed by atoms with Gasteiger partial charge in [0, 0.05) is 23.2 Å². The van der Waals surface area contributed by atoms with Crippen LogP contribution >= 0.6 is 23.8 Å². The van der Waals surface area contributed by atoms with E-state index in [0.717, 1.165) is 17.1 Å². The number of hydrogen-bond acceptors (Lipinski definition) is 2. The van der Waals surface area contributed by atoms with Crippen LogP contribution in [0.25, 0.3) is 0 Å². The van der Waals surface area contributed by atoms with Gasteiger partial charge in [0.05, 0.1) is 0 Å². The minimum atomic E-state index is 0.403. The van der Waals surface area contributed by atoms with E-state index in [2.05, 4.69) is 17.9 Å². The fourth-order valence-electron chi connectivity index (χ4n) is 2.98. The Balaban J connectivity index is 2.09. The van der Waals surface area contributed by atoms with Gasteiger partial charge in [-0.3, -0.25) is 4.90 Å². The fraction of sp³-hybridized carbons (Fsp3) is 0.562. The average molecular weight is 311 g/mol. The van der Waals surface area contributed by atoms with Crippen LogP contribution in [0.3, 0.4) is 0 Å².